The fourth-order valence-corrected chi connectivity index (χ4v) is 3.66. The van der Waals surface area contributed by atoms with Crippen LogP contribution in [-0.4, -0.2) is 70.3 Å². The highest BCUT2D eigenvalue weighted by atomic mass is 16.5. The summed E-state index contributed by atoms with van der Waals surface area (Å²) in [7, 11) is 3.55. The Morgan fingerprint density at radius 2 is 1.81 bits per heavy atom. The number of piperazine rings is 1. The molecule has 3 rings (SSSR count). The molecule has 1 aromatic rings. The van der Waals surface area contributed by atoms with E-state index in [9.17, 15) is 0 Å². The Labute approximate surface area is 163 Å². The number of nitrogens with one attached hydrogen (secondary N) is 2. The highest BCUT2D eigenvalue weighted by Crippen LogP contribution is 2.20. The number of hydrogen-bond acceptors (Lipinski definition) is 4. The molecule has 1 aliphatic heterocycles. The van der Waals surface area contributed by atoms with Gasteiger partial charge in [-0.25, -0.2) is 0 Å². The number of anilines is 1. The molecule has 0 unspecified atom stereocenters. The number of rotatable bonds is 7. The van der Waals surface area contributed by atoms with Crippen molar-refractivity contribution in [3.63, 3.8) is 0 Å². The Bertz CT molecular complexity index is 612. The highest BCUT2D eigenvalue weighted by molar-refractivity contribution is 5.80. The quantitative estimate of drug-likeness (QED) is 0.333. The van der Waals surface area contributed by atoms with Crippen molar-refractivity contribution < 1.29 is 4.74 Å². The SMILES string of the molecule is CN=C(NCCCN1CCN(c2ccc(OC)cc2)CC1)NC1CC=CC1. The lowest BCUT2D eigenvalue weighted by Crippen LogP contribution is -2.47. The van der Waals surface area contributed by atoms with Gasteiger partial charge in [0.1, 0.15) is 5.75 Å². The van der Waals surface area contributed by atoms with Gasteiger partial charge in [0.15, 0.2) is 5.96 Å². The van der Waals surface area contributed by atoms with Crippen LogP contribution in [0.1, 0.15) is 19.3 Å². The van der Waals surface area contributed by atoms with Crippen LogP contribution in [0.4, 0.5) is 5.69 Å². The normalized spacial score (nSPS) is 18.7. The van der Waals surface area contributed by atoms with E-state index >= 15 is 0 Å². The van der Waals surface area contributed by atoms with Crippen molar-refractivity contribution in [2.24, 2.45) is 4.99 Å². The van der Waals surface area contributed by atoms with E-state index in [1.54, 1.807) is 7.11 Å². The monoisotopic (exact) mass is 371 g/mol. The van der Waals surface area contributed by atoms with Gasteiger partial charge in [0.2, 0.25) is 0 Å². The number of benzene rings is 1. The van der Waals surface area contributed by atoms with Gasteiger partial charge in [-0.1, -0.05) is 12.2 Å². The molecule has 2 N–H and O–H groups in total. The first kappa shape index (κ1) is 19.5. The van der Waals surface area contributed by atoms with Crippen LogP contribution in [-0.2, 0) is 0 Å². The van der Waals surface area contributed by atoms with Crippen LogP contribution in [0.3, 0.4) is 0 Å². The van der Waals surface area contributed by atoms with E-state index in [-0.39, 0.29) is 0 Å². The summed E-state index contributed by atoms with van der Waals surface area (Å²) in [4.78, 5) is 9.34. The van der Waals surface area contributed by atoms with E-state index in [4.69, 9.17) is 4.74 Å². The number of hydrogen-bond donors (Lipinski definition) is 2. The van der Waals surface area contributed by atoms with Crippen molar-refractivity contribution in [2.75, 3.05) is 58.3 Å². The van der Waals surface area contributed by atoms with E-state index < -0.39 is 0 Å². The maximum Gasteiger partial charge on any atom is 0.191 e. The minimum atomic E-state index is 0.502. The molecule has 6 heteroatoms. The fraction of sp³-hybridized carbons (Fsp3) is 0.571. The van der Waals surface area contributed by atoms with Crippen LogP contribution in [0.25, 0.3) is 0 Å². The minimum absolute atomic E-state index is 0.502. The first-order chi connectivity index (χ1) is 13.3. The second kappa shape index (κ2) is 10.2. The van der Waals surface area contributed by atoms with Gasteiger partial charge in [-0.05, 0) is 50.1 Å². The zero-order valence-corrected chi connectivity index (χ0v) is 16.7. The molecule has 27 heavy (non-hydrogen) atoms. The average Bonchev–Trinajstić information content (AvgIpc) is 3.24. The molecule has 1 aliphatic carbocycles. The Morgan fingerprint density at radius 1 is 1.11 bits per heavy atom. The van der Waals surface area contributed by atoms with Crippen molar-refractivity contribution >= 4 is 11.6 Å². The van der Waals surface area contributed by atoms with Gasteiger partial charge in [-0.15, -0.1) is 0 Å². The lowest BCUT2D eigenvalue weighted by Gasteiger charge is -2.36. The van der Waals surface area contributed by atoms with E-state index in [1.807, 2.05) is 19.2 Å². The van der Waals surface area contributed by atoms with Gasteiger partial charge in [-0.3, -0.25) is 9.89 Å². The summed E-state index contributed by atoms with van der Waals surface area (Å²) in [5, 5.41) is 6.93. The van der Waals surface area contributed by atoms with Crippen molar-refractivity contribution in [1.29, 1.82) is 0 Å². The molecule has 0 spiro atoms. The summed E-state index contributed by atoms with van der Waals surface area (Å²) in [6, 6.07) is 8.88. The molecule has 0 saturated carbocycles. The van der Waals surface area contributed by atoms with Gasteiger partial charge in [0, 0.05) is 51.5 Å². The van der Waals surface area contributed by atoms with Gasteiger partial charge in [-0.2, -0.15) is 0 Å². The number of nitrogens with zero attached hydrogens (tertiary/aromatic N) is 3. The van der Waals surface area contributed by atoms with E-state index in [0.717, 1.165) is 70.2 Å². The van der Waals surface area contributed by atoms with Crippen LogP contribution in [0.5, 0.6) is 5.75 Å². The predicted octanol–water partition coefficient (Wildman–Crippen LogP) is 2.09. The summed E-state index contributed by atoms with van der Waals surface area (Å²) >= 11 is 0. The zero-order chi connectivity index (χ0) is 18.9. The second-order valence-corrected chi connectivity index (χ2v) is 7.16. The summed E-state index contributed by atoms with van der Waals surface area (Å²) < 4.78 is 5.24. The molecular weight excluding hydrogens is 338 g/mol. The average molecular weight is 372 g/mol. The number of aliphatic imine (C=N–C) groups is 1. The summed E-state index contributed by atoms with van der Waals surface area (Å²) in [6.45, 7) is 6.48. The Morgan fingerprint density at radius 3 is 2.44 bits per heavy atom. The van der Waals surface area contributed by atoms with Crippen molar-refractivity contribution in [3.05, 3.63) is 36.4 Å². The lowest BCUT2D eigenvalue weighted by molar-refractivity contribution is 0.255. The van der Waals surface area contributed by atoms with E-state index in [1.165, 1.54) is 5.69 Å². The van der Waals surface area contributed by atoms with Crippen LogP contribution >= 0.6 is 0 Å². The number of guanidine groups is 1. The molecule has 1 saturated heterocycles. The molecule has 2 aliphatic rings. The van der Waals surface area contributed by atoms with Crippen molar-refractivity contribution in [3.8, 4) is 5.75 Å². The van der Waals surface area contributed by atoms with Gasteiger partial charge >= 0.3 is 0 Å². The van der Waals surface area contributed by atoms with Crippen LogP contribution in [0.2, 0.25) is 0 Å². The number of ether oxygens (including phenoxy) is 1. The molecule has 0 radical (unpaired) electrons. The standard InChI is InChI=1S/C21H33N5O/c1-22-21(24-18-6-3-4-7-18)23-12-5-13-25-14-16-26(17-15-25)19-8-10-20(27-2)11-9-19/h3-4,8-11,18H,5-7,12-17H2,1-2H3,(H2,22,23,24). The van der Waals surface area contributed by atoms with E-state index in [2.05, 4.69) is 49.7 Å². The third kappa shape index (κ3) is 5.89. The summed E-state index contributed by atoms with van der Waals surface area (Å²) in [6.07, 6.45) is 7.79. The first-order valence-electron chi connectivity index (χ1n) is 10.0. The molecule has 1 aromatic carbocycles. The molecule has 0 amide bonds. The van der Waals surface area contributed by atoms with Crippen molar-refractivity contribution in [2.45, 2.75) is 25.3 Å². The molecular formula is C21H33N5O. The van der Waals surface area contributed by atoms with Gasteiger partial charge in [0.25, 0.3) is 0 Å². The van der Waals surface area contributed by atoms with Crippen LogP contribution in [0, 0.1) is 0 Å². The van der Waals surface area contributed by atoms with Gasteiger partial charge < -0.3 is 20.3 Å². The molecule has 0 aromatic heterocycles. The Balaban J connectivity index is 1.31. The number of methoxy groups -OCH3 is 1. The molecule has 1 fully saturated rings. The summed E-state index contributed by atoms with van der Waals surface area (Å²) in [5.41, 5.74) is 1.29. The highest BCUT2D eigenvalue weighted by Gasteiger charge is 2.17. The minimum Gasteiger partial charge on any atom is -0.497 e. The molecule has 1 heterocycles. The molecule has 0 bridgehead atoms. The van der Waals surface area contributed by atoms with Crippen LogP contribution < -0.4 is 20.3 Å². The molecule has 6 nitrogen and oxygen atoms in total. The topological polar surface area (TPSA) is 52.1 Å². The van der Waals surface area contributed by atoms with E-state index in [0.29, 0.717) is 6.04 Å². The largest absolute Gasteiger partial charge is 0.497 e. The second-order valence-electron chi connectivity index (χ2n) is 7.16. The van der Waals surface area contributed by atoms with Gasteiger partial charge in [0.05, 0.1) is 7.11 Å². The molecule has 0 atom stereocenters. The zero-order valence-electron chi connectivity index (χ0n) is 16.7. The molecule has 148 valence electrons. The Kier molecular flexibility index (Phi) is 7.39. The Hall–Kier alpha value is -2.21. The predicted molar refractivity (Wildman–Crippen MR) is 113 cm³/mol. The third-order valence-electron chi connectivity index (χ3n) is 5.33. The smallest absolute Gasteiger partial charge is 0.191 e. The summed E-state index contributed by atoms with van der Waals surface area (Å²) in [5.74, 6) is 1.84. The van der Waals surface area contributed by atoms with Crippen LogP contribution in [0.15, 0.2) is 41.4 Å². The lowest BCUT2D eigenvalue weighted by atomic mass is 10.2. The fourth-order valence-electron chi connectivity index (χ4n) is 3.66. The third-order valence-corrected chi connectivity index (χ3v) is 5.33. The maximum atomic E-state index is 5.24. The maximum absolute atomic E-state index is 5.24. The van der Waals surface area contributed by atoms with Crippen molar-refractivity contribution in [1.82, 2.24) is 15.5 Å². The first-order valence-corrected chi connectivity index (χ1v) is 10.0.